The molecule has 1 atom stereocenters. The van der Waals surface area contributed by atoms with Gasteiger partial charge in [0, 0.05) is 32.3 Å². The Hall–Kier alpha value is -2.47. The maximum absolute atomic E-state index is 12.3. The topological polar surface area (TPSA) is 64.5 Å². The van der Waals surface area contributed by atoms with E-state index >= 15 is 0 Å². The molecular weight excluding hydrogens is 330 g/mol. The molecule has 1 fully saturated rings. The monoisotopic (exact) mass is 355 g/mol. The van der Waals surface area contributed by atoms with E-state index in [1.807, 2.05) is 36.1 Å². The van der Waals surface area contributed by atoms with E-state index in [1.54, 1.807) is 19.5 Å². The summed E-state index contributed by atoms with van der Waals surface area (Å²) in [6.45, 7) is 3.92. The Balaban J connectivity index is 1.69. The number of carbonyl (C=O) groups excluding carboxylic acids is 1. The van der Waals surface area contributed by atoms with Crippen molar-refractivity contribution < 1.29 is 14.3 Å². The molecule has 1 saturated heterocycles. The number of benzene rings is 1. The van der Waals surface area contributed by atoms with Crippen LogP contribution in [0.5, 0.6) is 11.6 Å². The zero-order valence-electron chi connectivity index (χ0n) is 15.4. The fourth-order valence-electron chi connectivity index (χ4n) is 3.18. The number of methoxy groups -OCH3 is 1. The van der Waals surface area contributed by atoms with Gasteiger partial charge in [-0.2, -0.15) is 0 Å². The number of likely N-dealkylation sites (tertiary alicyclic amines) is 1. The first-order valence-corrected chi connectivity index (χ1v) is 8.99. The molecule has 1 aromatic heterocycles. The predicted molar refractivity (Wildman–Crippen MR) is 98.3 cm³/mol. The van der Waals surface area contributed by atoms with Gasteiger partial charge in [0.2, 0.25) is 11.8 Å². The number of hydrogen-bond donors (Lipinski definition) is 0. The van der Waals surface area contributed by atoms with Gasteiger partial charge >= 0.3 is 0 Å². The maximum Gasteiger partial charge on any atom is 0.238 e. The van der Waals surface area contributed by atoms with Crippen LogP contribution in [0, 0.1) is 6.92 Å². The Morgan fingerprint density at radius 2 is 2.15 bits per heavy atom. The number of hydrogen-bond acceptors (Lipinski definition) is 5. The molecule has 0 saturated carbocycles. The first-order valence-electron chi connectivity index (χ1n) is 8.99. The summed E-state index contributed by atoms with van der Waals surface area (Å²) in [6, 6.07) is 7.82. The highest BCUT2D eigenvalue weighted by atomic mass is 16.5. The SMILES string of the molecule is COCCC(=O)N1CCCC(c2cncc(Oc3ccccc3C)n2)C1. The number of para-hydroxylation sites is 1. The Morgan fingerprint density at radius 3 is 2.96 bits per heavy atom. The number of rotatable bonds is 6. The number of carbonyl (C=O) groups is 1. The van der Waals surface area contributed by atoms with E-state index in [1.165, 1.54) is 0 Å². The van der Waals surface area contributed by atoms with Gasteiger partial charge in [0.25, 0.3) is 0 Å². The molecule has 0 aliphatic carbocycles. The molecule has 0 N–H and O–H groups in total. The minimum atomic E-state index is 0.136. The maximum atomic E-state index is 12.3. The lowest BCUT2D eigenvalue weighted by molar-refractivity contribution is -0.133. The fraction of sp³-hybridized carbons (Fsp3) is 0.450. The first-order chi connectivity index (χ1) is 12.7. The van der Waals surface area contributed by atoms with E-state index in [9.17, 15) is 4.79 Å². The molecule has 1 aliphatic rings. The number of piperidine rings is 1. The molecule has 138 valence electrons. The molecule has 3 rings (SSSR count). The lowest BCUT2D eigenvalue weighted by Crippen LogP contribution is -2.39. The summed E-state index contributed by atoms with van der Waals surface area (Å²) in [5.41, 5.74) is 1.92. The Morgan fingerprint density at radius 1 is 1.31 bits per heavy atom. The second-order valence-corrected chi connectivity index (χ2v) is 6.57. The van der Waals surface area contributed by atoms with Crippen LogP contribution in [0.25, 0.3) is 0 Å². The summed E-state index contributed by atoms with van der Waals surface area (Å²) in [6.07, 6.45) is 5.79. The van der Waals surface area contributed by atoms with Crippen molar-refractivity contribution in [3.8, 4) is 11.6 Å². The molecule has 6 nitrogen and oxygen atoms in total. The van der Waals surface area contributed by atoms with Crippen LogP contribution in [-0.4, -0.2) is 47.6 Å². The summed E-state index contributed by atoms with van der Waals surface area (Å²) >= 11 is 0. The number of ether oxygens (including phenoxy) is 2. The summed E-state index contributed by atoms with van der Waals surface area (Å²) < 4.78 is 10.9. The van der Waals surface area contributed by atoms with Crippen LogP contribution in [0.1, 0.15) is 36.4 Å². The quantitative estimate of drug-likeness (QED) is 0.795. The summed E-state index contributed by atoms with van der Waals surface area (Å²) in [5, 5.41) is 0. The third-order valence-electron chi connectivity index (χ3n) is 4.65. The van der Waals surface area contributed by atoms with E-state index in [0.717, 1.165) is 36.4 Å². The van der Waals surface area contributed by atoms with Crippen LogP contribution in [0.15, 0.2) is 36.7 Å². The van der Waals surface area contributed by atoms with Crippen LogP contribution in [-0.2, 0) is 9.53 Å². The van der Waals surface area contributed by atoms with Crippen LogP contribution in [0.2, 0.25) is 0 Å². The van der Waals surface area contributed by atoms with Crippen molar-refractivity contribution in [2.24, 2.45) is 0 Å². The molecule has 1 aromatic carbocycles. The van der Waals surface area contributed by atoms with Crippen LogP contribution in [0.4, 0.5) is 0 Å². The van der Waals surface area contributed by atoms with Crippen molar-refractivity contribution in [1.29, 1.82) is 0 Å². The summed E-state index contributed by atoms with van der Waals surface area (Å²) in [7, 11) is 1.61. The van der Waals surface area contributed by atoms with E-state index in [4.69, 9.17) is 9.47 Å². The predicted octanol–water partition coefficient (Wildman–Crippen LogP) is 3.32. The van der Waals surface area contributed by atoms with Crippen molar-refractivity contribution in [2.75, 3.05) is 26.8 Å². The van der Waals surface area contributed by atoms with E-state index < -0.39 is 0 Å². The highest BCUT2D eigenvalue weighted by Crippen LogP contribution is 2.28. The highest BCUT2D eigenvalue weighted by molar-refractivity contribution is 5.76. The molecule has 26 heavy (non-hydrogen) atoms. The molecule has 1 unspecified atom stereocenters. The minimum absolute atomic E-state index is 0.136. The van der Waals surface area contributed by atoms with Gasteiger partial charge in [-0.1, -0.05) is 18.2 Å². The van der Waals surface area contributed by atoms with Gasteiger partial charge in [0.15, 0.2) is 0 Å². The standard InChI is InChI=1S/C20H25N3O3/c1-15-6-3-4-8-18(15)26-19-13-21-12-17(22-19)16-7-5-10-23(14-16)20(24)9-11-25-2/h3-4,6,8,12-13,16H,5,7,9-11,14H2,1-2H3. The molecule has 0 bridgehead atoms. The van der Waals surface area contributed by atoms with Crippen molar-refractivity contribution in [3.63, 3.8) is 0 Å². The van der Waals surface area contributed by atoms with Crippen LogP contribution >= 0.6 is 0 Å². The smallest absolute Gasteiger partial charge is 0.238 e. The summed E-state index contributed by atoms with van der Waals surface area (Å²) in [5.74, 6) is 1.58. The zero-order chi connectivity index (χ0) is 18.4. The second kappa shape index (κ2) is 8.76. The molecule has 2 heterocycles. The molecule has 0 spiro atoms. The first kappa shape index (κ1) is 18.3. The van der Waals surface area contributed by atoms with Crippen molar-refractivity contribution in [2.45, 2.75) is 32.1 Å². The number of aryl methyl sites for hydroxylation is 1. The van der Waals surface area contributed by atoms with Gasteiger partial charge in [0.1, 0.15) is 5.75 Å². The van der Waals surface area contributed by atoms with Gasteiger partial charge in [0.05, 0.1) is 24.9 Å². The third-order valence-corrected chi connectivity index (χ3v) is 4.65. The molecule has 1 aliphatic heterocycles. The molecule has 0 radical (unpaired) electrons. The lowest BCUT2D eigenvalue weighted by atomic mass is 9.95. The number of aromatic nitrogens is 2. The fourth-order valence-corrected chi connectivity index (χ4v) is 3.18. The zero-order valence-corrected chi connectivity index (χ0v) is 15.4. The van der Waals surface area contributed by atoms with Crippen molar-refractivity contribution in [3.05, 3.63) is 47.9 Å². The average Bonchev–Trinajstić information content (AvgIpc) is 2.68. The number of amides is 1. The number of nitrogens with zero attached hydrogens (tertiary/aromatic N) is 3. The van der Waals surface area contributed by atoms with Gasteiger partial charge in [-0.15, -0.1) is 0 Å². The Labute approximate surface area is 154 Å². The Kier molecular flexibility index (Phi) is 6.17. The van der Waals surface area contributed by atoms with Crippen molar-refractivity contribution >= 4 is 5.91 Å². The van der Waals surface area contributed by atoms with Gasteiger partial charge in [-0.3, -0.25) is 9.78 Å². The van der Waals surface area contributed by atoms with Crippen LogP contribution < -0.4 is 4.74 Å². The third kappa shape index (κ3) is 4.58. The minimum Gasteiger partial charge on any atom is -0.437 e. The normalized spacial score (nSPS) is 17.2. The lowest BCUT2D eigenvalue weighted by Gasteiger charge is -2.32. The molecule has 6 heteroatoms. The second-order valence-electron chi connectivity index (χ2n) is 6.57. The molecular formula is C20H25N3O3. The summed E-state index contributed by atoms with van der Waals surface area (Å²) in [4.78, 5) is 23.1. The largest absolute Gasteiger partial charge is 0.437 e. The average molecular weight is 355 g/mol. The molecule has 1 amide bonds. The van der Waals surface area contributed by atoms with Crippen LogP contribution in [0.3, 0.4) is 0 Å². The van der Waals surface area contributed by atoms with Crippen molar-refractivity contribution in [1.82, 2.24) is 14.9 Å². The van der Waals surface area contributed by atoms with Gasteiger partial charge < -0.3 is 14.4 Å². The highest BCUT2D eigenvalue weighted by Gasteiger charge is 2.26. The molecule has 2 aromatic rings. The van der Waals surface area contributed by atoms with E-state index in [0.29, 0.717) is 25.5 Å². The van der Waals surface area contributed by atoms with Gasteiger partial charge in [-0.25, -0.2) is 4.98 Å². The Bertz CT molecular complexity index is 751. The van der Waals surface area contributed by atoms with Gasteiger partial charge in [-0.05, 0) is 31.4 Å². The van der Waals surface area contributed by atoms with E-state index in [2.05, 4.69) is 9.97 Å². The van der Waals surface area contributed by atoms with E-state index in [-0.39, 0.29) is 11.8 Å².